The van der Waals surface area contributed by atoms with Gasteiger partial charge in [0, 0.05) is 30.4 Å². The van der Waals surface area contributed by atoms with Gasteiger partial charge in [0.2, 0.25) is 5.91 Å². The molecule has 0 bridgehead atoms. The highest BCUT2D eigenvalue weighted by atomic mass is 32.2. The van der Waals surface area contributed by atoms with Crippen LogP contribution in [0.5, 0.6) is 0 Å². The van der Waals surface area contributed by atoms with Crippen molar-refractivity contribution in [3.05, 3.63) is 75.3 Å². The van der Waals surface area contributed by atoms with Gasteiger partial charge >= 0.3 is 0 Å². The van der Waals surface area contributed by atoms with Crippen LogP contribution in [0.3, 0.4) is 0 Å². The number of rotatable bonds is 9. The molecule has 2 aromatic carbocycles. The maximum absolute atomic E-state index is 13.2. The lowest BCUT2D eigenvalue weighted by Crippen LogP contribution is -2.33. The third kappa shape index (κ3) is 6.41. The summed E-state index contributed by atoms with van der Waals surface area (Å²) in [7, 11) is 1.75. The Bertz CT molecular complexity index is 1250. The van der Waals surface area contributed by atoms with Gasteiger partial charge < -0.3 is 15.2 Å². The molecule has 1 atom stereocenters. The molecule has 1 heterocycles. The molecule has 2 amide bonds. The number of amides is 2. The van der Waals surface area contributed by atoms with Gasteiger partial charge in [-0.25, -0.2) is 4.39 Å². The van der Waals surface area contributed by atoms with Crippen LogP contribution >= 0.6 is 11.8 Å². The summed E-state index contributed by atoms with van der Waals surface area (Å²) in [6, 6.07) is 9.01. The Morgan fingerprint density at radius 2 is 1.86 bits per heavy atom. The maximum atomic E-state index is 13.2. The number of non-ortho nitro benzene ring substituents is 1. The zero-order valence-corrected chi connectivity index (χ0v) is 20.4. The third-order valence-electron chi connectivity index (χ3n) is 5.23. The molecule has 3 rings (SSSR count). The first kappa shape index (κ1) is 25.8. The van der Waals surface area contributed by atoms with Gasteiger partial charge in [0.05, 0.1) is 16.7 Å². The van der Waals surface area contributed by atoms with Crippen molar-refractivity contribution in [2.75, 3.05) is 11.1 Å². The fourth-order valence-corrected chi connectivity index (χ4v) is 4.01. The molecule has 0 aliphatic carbocycles. The van der Waals surface area contributed by atoms with Crippen molar-refractivity contribution in [1.82, 2.24) is 20.1 Å². The summed E-state index contributed by atoms with van der Waals surface area (Å²) in [5.74, 6) is -0.556. The Balaban J connectivity index is 1.65. The average Bonchev–Trinajstić information content (AvgIpc) is 3.17. The van der Waals surface area contributed by atoms with Gasteiger partial charge in [-0.1, -0.05) is 25.6 Å². The summed E-state index contributed by atoms with van der Waals surface area (Å²) < 4.78 is 14.9. The van der Waals surface area contributed by atoms with Crippen LogP contribution in [-0.4, -0.2) is 37.3 Å². The minimum Gasteiger partial charge on any atom is -0.342 e. The number of thioether (sulfide) groups is 1. The second kappa shape index (κ2) is 11.1. The molecule has 2 N–H and O–H groups in total. The van der Waals surface area contributed by atoms with Gasteiger partial charge in [0.1, 0.15) is 5.82 Å². The first-order chi connectivity index (χ1) is 16.6. The zero-order valence-electron chi connectivity index (χ0n) is 19.6. The molecule has 0 fully saturated rings. The second-order valence-corrected chi connectivity index (χ2v) is 9.14. The Morgan fingerprint density at radius 1 is 1.17 bits per heavy atom. The molecule has 0 spiro atoms. The molecule has 3 aromatic rings. The van der Waals surface area contributed by atoms with E-state index < -0.39 is 16.8 Å². The lowest BCUT2D eigenvalue weighted by atomic mass is 10.0. The van der Waals surface area contributed by atoms with Crippen molar-refractivity contribution in [1.29, 1.82) is 0 Å². The van der Waals surface area contributed by atoms with Gasteiger partial charge in [-0.15, -0.1) is 10.2 Å². The first-order valence-corrected chi connectivity index (χ1v) is 11.7. The predicted molar refractivity (Wildman–Crippen MR) is 130 cm³/mol. The Kier molecular flexibility index (Phi) is 8.18. The summed E-state index contributed by atoms with van der Waals surface area (Å²) in [4.78, 5) is 35.5. The van der Waals surface area contributed by atoms with Crippen LogP contribution < -0.4 is 10.6 Å². The van der Waals surface area contributed by atoms with Gasteiger partial charge in [-0.05, 0) is 48.7 Å². The van der Waals surface area contributed by atoms with Gasteiger partial charge in [-0.2, -0.15) is 0 Å². The number of nitrogens with zero attached hydrogens (tertiary/aromatic N) is 4. The van der Waals surface area contributed by atoms with Crippen LogP contribution in [0.4, 0.5) is 15.8 Å². The summed E-state index contributed by atoms with van der Waals surface area (Å²) in [6.45, 7) is 5.53. The normalized spacial score (nSPS) is 11.8. The van der Waals surface area contributed by atoms with Crippen molar-refractivity contribution in [2.45, 2.75) is 32.0 Å². The number of carbonyl (C=O) groups is 2. The van der Waals surface area contributed by atoms with E-state index in [0.29, 0.717) is 27.8 Å². The van der Waals surface area contributed by atoms with E-state index in [0.717, 1.165) is 0 Å². The number of nitro benzene ring substituents is 1. The maximum Gasteiger partial charge on any atom is 0.269 e. The van der Waals surface area contributed by atoms with Gasteiger partial charge in [0.15, 0.2) is 11.0 Å². The SMILES string of the molecule is Cc1cc([N+](=O)[O-])ccc1NC(=O)CSc1nnc([C@H](NC(=O)c2ccc(F)cc2)C(C)C)n1C. The highest BCUT2D eigenvalue weighted by Crippen LogP contribution is 2.25. The van der Waals surface area contributed by atoms with E-state index >= 15 is 0 Å². The molecular formula is C23H25FN6O4S. The van der Waals surface area contributed by atoms with E-state index in [-0.39, 0.29) is 29.2 Å². The number of anilines is 1. The van der Waals surface area contributed by atoms with Crippen molar-refractivity contribution >= 4 is 35.0 Å². The van der Waals surface area contributed by atoms with Crippen LogP contribution in [0.1, 0.15) is 41.6 Å². The Hall–Kier alpha value is -3.80. The van der Waals surface area contributed by atoms with E-state index in [1.807, 2.05) is 13.8 Å². The largest absolute Gasteiger partial charge is 0.342 e. The molecule has 0 saturated heterocycles. The van der Waals surface area contributed by atoms with E-state index in [9.17, 15) is 24.1 Å². The Morgan fingerprint density at radius 3 is 2.46 bits per heavy atom. The van der Waals surface area contributed by atoms with Crippen molar-refractivity contribution in [2.24, 2.45) is 13.0 Å². The van der Waals surface area contributed by atoms with E-state index in [2.05, 4.69) is 20.8 Å². The van der Waals surface area contributed by atoms with Crippen LogP contribution in [0, 0.1) is 28.8 Å². The van der Waals surface area contributed by atoms with Crippen LogP contribution in [0.2, 0.25) is 0 Å². The molecule has 10 nitrogen and oxygen atoms in total. The lowest BCUT2D eigenvalue weighted by molar-refractivity contribution is -0.384. The van der Waals surface area contributed by atoms with Crippen molar-refractivity contribution in [3.63, 3.8) is 0 Å². The molecule has 0 radical (unpaired) electrons. The summed E-state index contributed by atoms with van der Waals surface area (Å²) in [5, 5.41) is 25.4. The smallest absolute Gasteiger partial charge is 0.269 e. The highest BCUT2D eigenvalue weighted by molar-refractivity contribution is 7.99. The quantitative estimate of drug-likeness (QED) is 0.258. The van der Waals surface area contributed by atoms with Gasteiger partial charge in [0.25, 0.3) is 11.6 Å². The molecule has 1 aromatic heterocycles. The first-order valence-electron chi connectivity index (χ1n) is 10.7. The minimum atomic E-state index is -0.493. The number of benzene rings is 2. The fourth-order valence-electron chi connectivity index (χ4n) is 3.30. The predicted octanol–water partition coefficient (Wildman–Crippen LogP) is 4.03. The summed E-state index contributed by atoms with van der Waals surface area (Å²) in [5.41, 5.74) is 1.35. The van der Waals surface area contributed by atoms with E-state index in [1.165, 1.54) is 54.2 Å². The molecule has 0 saturated carbocycles. The monoisotopic (exact) mass is 500 g/mol. The number of nitro groups is 1. The summed E-state index contributed by atoms with van der Waals surface area (Å²) >= 11 is 1.17. The molecule has 35 heavy (non-hydrogen) atoms. The second-order valence-electron chi connectivity index (χ2n) is 8.20. The van der Waals surface area contributed by atoms with Gasteiger partial charge in [-0.3, -0.25) is 19.7 Å². The number of hydrogen-bond acceptors (Lipinski definition) is 7. The minimum absolute atomic E-state index is 0.0199. The number of aryl methyl sites for hydroxylation is 1. The number of aromatic nitrogens is 3. The number of carbonyl (C=O) groups excluding carboxylic acids is 2. The number of nitrogens with one attached hydrogen (secondary N) is 2. The molecule has 0 aliphatic heterocycles. The van der Waals surface area contributed by atoms with E-state index in [1.54, 1.807) is 18.5 Å². The molecular weight excluding hydrogens is 475 g/mol. The number of hydrogen-bond donors (Lipinski definition) is 2. The standard InChI is InChI=1S/C23H25FN6O4S/c1-13(2)20(26-22(32)15-5-7-16(24)8-6-15)21-27-28-23(29(21)4)35-12-19(31)25-18-10-9-17(30(33)34)11-14(18)3/h5-11,13,20H,12H2,1-4H3,(H,25,31)(H,26,32)/t20-/m1/s1. The topological polar surface area (TPSA) is 132 Å². The van der Waals surface area contributed by atoms with Crippen LogP contribution in [0.15, 0.2) is 47.6 Å². The lowest BCUT2D eigenvalue weighted by Gasteiger charge is -2.21. The average molecular weight is 501 g/mol. The van der Waals surface area contributed by atoms with E-state index in [4.69, 9.17) is 0 Å². The highest BCUT2D eigenvalue weighted by Gasteiger charge is 2.25. The third-order valence-corrected chi connectivity index (χ3v) is 6.25. The molecule has 0 unspecified atom stereocenters. The van der Waals surface area contributed by atoms with Crippen molar-refractivity contribution in [3.8, 4) is 0 Å². The van der Waals surface area contributed by atoms with Crippen molar-refractivity contribution < 1.29 is 18.9 Å². The van der Waals surface area contributed by atoms with Crippen LogP contribution in [-0.2, 0) is 11.8 Å². The molecule has 0 aliphatic rings. The summed E-state index contributed by atoms with van der Waals surface area (Å²) in [6.07, 6.45) is 0. The fraction of sp³-hybridized carbons (Fsp3) is 0.304. The Labute approximate surface area is 205 Å². The van der Waals surface area contributed by atoms with Crippen LogP contribution in [0.25, 0.3) is 0 Å². The molecule has 184 valence electrons. The number of halogens is 1. The molecule has 12 heteroatoms. The zero-order chi connectivity index (χ0) is 25.7.